The Balaban J connectivity index is 1.54. The lowest BCUT2D eigenvalue weighted by atomic mass is 10.3. The minimum atomic E-state index is -0.135. The third kappa shape index (κ3) is 4.46. The number of halogens is 1. The molecule has 1 aromatic heterocycles. The van der Waals surface area contributed by atoms with E-state index in [0.717, 1.165) is 12.8 Å². The highest BCUT2D eigenvalue weighted by atomic mass is 35.5. The van der Waals surface area contributed by atoms with Gasteiger partial charge in [-0.1, -0.05) is 34.7 Å². The molecule has 0 unspecified atom stereocenters. The van der Waals surface area contributed by atoms with E-state index in [1.54, 1.807) is 29.2 Å². The van der Waals surface area contributed by atoms with Crippen molar-refractivity contribution in [3.63, 3.8) is 0 Å². The van der Waals surface area contributed by atoms with Crippen LogP contribution in [0.2, 0.25) is 5.02 Å². The lowest BCUT2D eigenvalue weighted by Crippen LogP contribution is -2.30. The zero-order chi connectivity index (χ0) is 17.1. The summed E-state index contributed by atoms with van der Waals surface area (Å²) in [6.07, 6.45) is 2.01. The molecule has 1 aliphatic carbocycles. The maximum Gasteiger partial charge on any atom is 0.234 e. The van der Waals surface area contributed by atoms with Crippen LogP contribution in [0.25, 0.3) is 0 Å². The maximum absolute atomic E-state index is 12.0. The first-order chi connectivity index (χ1) is 11.5. The second-order valence-electron chi connectivity index (χ2n) is 5.31. The van der Waals surface area contributed by atoms with Crippen molar-refractivity contribution >= 4 is 57.3 Å². The van der Waals surface area contributed by atoms with E-state index in [2.05, 4.69) is 15.5 Å². The van der Waals surface area contributed by atoms with Crippen LogP contribution in [0.3, 0.4) is 0 Å². The summed E-state index contributed by atoms with van der Waals surface area (Å²) in [4.78, 5) is 25.4. The Kier molecular flexibility index (Phi) is 5.37. The van der Waals surface area contributed by atoms with Gasteiger partial charge in [0, 0.05) is 23.7 Å². The van der Waals surface area contributed by atoms with Gasteiger partial charge in [-0.2, -0.15) is 0 Å². The van der Waals surface area contributed by atoms with Gasteiger partial charge in [-0.25, -0.2) is 0 Å². The molecule has 0 saturated heterocycles. The number of hydrogen-bond donors (Lipinski definition) is 1. The number of amides is 2. The summed E-state index contributed by atoms with van der Waals surface area (Å²) in [5.74, 6) is 0.0659. The van der Waals surface area contributed by atoms with Crippen LogP contribution in [-0.4, -0.2) is 33.8 Å². The Morgan fingerprint density at radius 2 is 2.04 bits per heavy atom. The van der Waals surface area contributed by atoms with Crippen molar-refractivity contribution in [2.75, 3.05) is 16.0 Å². The number of hydrogen-bond acceptors (Lipinski definition) is 6. The Labute approximate surface area is 152 Å². The van der Waals surface area contributed by atoms with Gasteiger partial charge in [-0.15, -0.1) is 10.2 Å². The van der Waals surface area contributed by atoms with Crippen LogP contribution in [0.1, 0.15) is 19.8 Å². The summed E-state index contributed by atoms with van der Waals surface area (Å²) in [5.41, 5.74) is 0.694. The Bertz CT molecular complexity index is 746. The second-order valence-corrected chi connectivity index (χ2v) is 7.93. The van der Waals surface area contributed by atoms with E-state index in [1.807, 2.05) is 0 Å². The average Bonchev–Trinajstić information content (AvgIpc) is 3.25. The fourth-order valence-corrected chi connectivity index (χ4v) is 3.98. The molecule has 1 aromatic carbocycles. The molecule has 9 heteroatoms. The van der Waals surface area contributed by atoms with Crippen molar-refractivity contribution in [3.8, 4) is 0 Å². The second kappa shape index (κ2) is 7.50. The first-order valence-corrected chi connectivity index (χ1v) is 9.52. The van der Waals surface area contributed by atoms with E-state index in [4.69, 9.17) is 11.6 Å². The van der Waals surface area contributed by atoms with Crippen LogP contribution in [0, 0.1) is 0 Å². The molecule has 3 rings (SSSR count). The first-order valence-electron chi connectivity index (χ1n) is 7.34. The highest BCUT2D eigenvalue weighted by Gasteiger charge is 2.34. The Morgan fingerprint density at radius 1 is 1.33 bits per heavy atom. The third-order valence-electron chi connectivity index (χ3n) is 3.31. The van der Waals surface area contributed by atoms with Crippen molar-refractivity contribution in [2.45, 2.75) is 30.1 Å². The molecular formula is C15H15ClN4O2S2. The van der Waals surface area contributed by atoms with E-state index < -0.39 is 0 Å². The average molecular weight is 383 g/mol. The molecule has 24 heavy (non-hydrogen) atoms. The summed E-state index contributed by atoms with van der Waals surface area (Å²) in [5, 5.41) is 12.1. The van der Waals surface area contributed by atoms with Crippen molar-refractivity contribution in [3.05, 3.63) is 29.3 Å². The standard InChI is InChI=1S/C15H15ClN4O2S2/c1-9(21)20(12-6-7-12)14-18-19-15(24-14)23-8-13(22)17-11-4-2-10(16)3-5-11/h2-5,12H,6-8H2,1H3,(H,17,22). The number of aromatic nitrogens is 2. The van der Waals surface area contributed by atoms with E-state index in [0.29, 0.717) is 20.2 Å². The van der Waals surface area contributed by atoms with Gasteiger partial charge in [-0.05, 0) is 37.1 Å². The van der Waals surface area contributed by atoms with Gasteiger partial charge in [0.2, 0.25) is 16.9 Å². The Morgan fingerprint density at radius 3 is 2.67 bits per heavy atom. The summed E-state index contributed by atoms with van der Waals surface area (Å²) in [7, 11) is 0. The zero-order valence-electron chi connectivity index (χ0n) is 12.9. The number of thioether (sulfide) groups is 1. The molecule has 1 heterocycles. The number of benzene rings is 1. The third-order valence-corrected chi connectivity index (χ3v) is 5.62. The van der Waals surface area contributed by atoms with E-state index >= 15 is 0 Å². The Hall–Kier alpha value is -1.64. The van der Waals surface area contributed by atoms with Crippen molar-refractivity contribution in [1.29, 1.82) is 0 Å². The summed E-state index contributed by atoms with van der Waals surface area (Å²) in [6.45, 7) is 1.53. The highest BCUT2D eigenvalue weighted by molar-refractivity contribution is 8.01. The molecule has 0 bridgehead atoms. The number of carbonyl (C=O) groups is 2. The van der Waals surface area contributed by atoms with Crippen molar-refractivity contribution in [2.24, 2.45) is 0 Å². The summed E-state index contributed by atoms with van der Waals surface area (Å²) in [6, 6.07) is 7.18. The SMILES string of the molecule is CC(=O)N(c1nnc(SCC(=O)Nc2ccc(Cl)cc2)s1)C1CC1. The lowest BCUT2D eigenvalue weighted by Gasteiger charge is -2.15. The zero-order valence-corrected chi connectivity index (χ0v) is 15.2. The van der Waals surface area contributed by atoms with Gasteiger partial charge >= 0.3 is 0 Å². The molecule has 0 atom stereocenters. The number of carbonyl (C=O) groups excluding carboxylic acids is 2. The predicted molar refractivity (Wildman–Crippen MR) is 96.9 cm³/mol. The lowest BCUT2D eigenvalue weighted by molar-refractivity contribution is -0.116. The molecule has 1 saturated carbocycles. The summed E-state index contributed by atoms with van der Waals surface area (Å²) < 4.78 is 0.670. The van der Waals surface area contributed by atoms with Crippen LogP contribution >= 0.6 is 34.7 Å². The number of rotatable bonds is 6. The van der Waals surface area contributed by atoms with Gasteiger partial charge in [0.15, 0.2) is 4.34 Å². The van der Waals surface area contributed by atoms with Crippen molar-refractivity contribution in [1.82, 2.24) is 10.2 Å². The van der Waals surface area contributed by atoms with Gasteiger partial charge in [0.25, 0.3) is 0 Å². The molecule has 6 nitrogen and oxygen atoms in total. The van der Waals surface area contributed by atoms with Gasteiger partial charge in [0.1, 0.15) is 0 Å². The van der Waals surface area contributed by atoms with Crippen LogP contribution in [0.15, 0.2) is 28.6 Å². The largest absolute Gasteiger partial charge is 0.325 e. The molecule has 1 N–H and O–H groups in total. The first kappa shape index (κ1) is 17.2. The van der Waals surface area contributed by atoms with Gasteiger partial charge in [0.05, 0.1) is 5.75 Å². The van der Waals surface area contributed by atoms with Crippen LogP contribution in [-0.2, 0) is 9.59 Å². The monoisotopic (exact) mass is 382 g/mol. The van der Waals surface area contributed by atoms with E-state index in [9.17, 15) is 9.59 Å². The van der Waals surface area contributed by atoms with Crippen LogP contribution < -0.4 is 10.2 Å². The van der Waals surface area contributed by atoms with Gasteiger partial charge < -0.3 is 5.32 Å². The molecule has 0 aliphatic heterocycles. The molecular weight excluding hydrogens is 368 g/mol. The number of nitrogens with zero attached hydrogens (tertiary/aromatic N) is 3. The van der Waals surface area contributed by atoms with Crippen LogP contribution in [0.5, 0.6) is 0 Å². The minimum absolute atomic E-state index is 0.0225. The smallest absolute Gasteiger partial charge is 0.234 e. The molecule has 126 valence electrons. The molecule has 0 radical (unpaired) electrons. The quantitative estimate of drug-likeness (QED) is 0.611. The number of anilines is 2. The number of nitrogens with one attached hydrogen (secondary N) is 1. The fourth-order valence-electron chi connectivity index (χ4n) is 2.10. The van der Waals surface area contributed by atoms with Crippen LogP contribution in [0.4, 0.5) is 10.8 Å². The van der Waals surface area contributed by atoms with Crippen molar-refractivity contribution < 1.29 is 9.59 Å². The molecule has 1 fully saturated rings. The normalized spacial score (nSPS) is 13.6. The highest BCUT2D eigenvalue weighted by Crippen LogP contribution is 2.35. The molecule has 1 aliphatic rings. The predicted octanol–water partition coefficient (Wildman–Crippen LogP) is 3.44. The van der Waals surface area contributed by atoms with E-state index in [1.165, 1.54) is 30.0 Å². The fraction of sp³-hybridized carbons (Fsp3) is 0.333. The molecule has 0 spiro atoms. The minimum Gasteiger partial charge on any atom is -0.325 e. The van der Waals surface area contributed by atoms with Gasteiger partial charge in [-0.3, -0.25) is 14.5 Å². The summed E-state index contributed by atoms with van der Waals surface area (Å²) >= 11 is 8.45. The topological polar surface area (TPSA) is 75.2 Å². The maximum atomic E-state index is 12.0. The van der Waals surface area contributed by atoms with E-state index in [-0.39, 0.29) is 23.6 Å². The molecule has 2 aromatic rings. The molecule has 2 amide bonds.